The van der Waals surface area contributed by atoms with E-state index in [0.29, 0.717) is 9.50 Å². The van der Waals surface area contributed by atoms with Gasteiger partial charge in [-0.05, 0) is 36.4 Å². The number of carboxylic acid groups (broad SMARTS) is 1. The molecule has 2 aromatic rings. The molecule has 0 bridgehead atoms. The molecule has 0 aliphatic rings. The van der Waals surface area contributed by atoms with Gasteiger partial charge in [-0.25, -0.2) is 9.18 Å². The number of halogens is 3. The molecule has 104 valence electrons. The SMILES string of the molecule is O=C(O)c1cc(Br)ccc1OCc1cc(Cl)ccc1F. The van der Waals surface area contributed by atoms with Crippen molar-refractivity contribution in [3.63, 3.8) is 0 Å². The molecule has 0 spiro atoms. The Morgan fingerprint density at radius 2 is 2.05 bits per heavy atom. The zero-order valence-electron chi connectivity index (χ0n) is 10.1. The van der Waals surface area contributed by atoms with Crippen LogP contribution in [-0.4, -0.2) is 11.1 Å². The van der Waals surface area contributed by atoms with Gasteiger partial charge in [0.1, 0.15) is 23.7 Å². The first-order chi connectivity index (χ1) is 9.47. The normalized spacial score (nSPS) is 10.3. The first kappa shape index (κ1) is 14.8. The molecule has 20 heavy (non-hydrogen) atoms. The summed E-state index contributed by atoms with van der Waals surface area (Å²) in [7, 11) is 0. The van der Waals surface area contributed by atoms with Gasteiger partial charge in [-0.1, -0.05) is 27.5 Å². The third kappa shape index (κ3) is 3.49. The fraction of sp³-hybridized carbons (Fsp3) is 0.0714. The van der Waals surface area contributed by atoms with E-state index >= 15 is 0 Å². The molecule has 2 rings (SSSR count). The largest absolute Gasteiger partial charge is 0.488 e. The third-order valence-corrected chi connectivity index (χ3v) is 3.29. The summed E-state index contributed by atoms with van der Waals surface area (Å²) in [6, 6.07) is 8.69. The Kier molecular flexibility index (Phi) is 4.62. The van der Waals surface area contributed by atoms with E-state index in [4.69, 9.17) is 21.4 Å². The van der Waals surface area contributed by atoms with Crippen LogP contribution in [-0.2, 0) is 6.61 Å². The fourth-order valence-corrected chi connectivity index (χ4v) is 2.16. The van der Waals surface area contributed by atoms with E-state index < -0.39 is 11.8 Å². The molecule has 0 atom stereocenters. The zero-order valence-corrected chi connectivity index (χ0v) is 12.4. The van der Waals surface area contributed by atoms with Crippen molar-refractivity contribution in [2.24, 2.45) is 0 Å². The van der Waals surface area contributed by atoms with E-state index in [1.54, 1.807) is 6.07 Å². The van der Waals surface area contributed by atoms with Crippen molar-refractivity contribution in [2.75, 3.05) is 0 Å². The summed E-state index contributed by atoms with van der Waals surface area (Å²) >= 11 is 8.96. The topological polar surface area (TPSA) is 46.5 Å². The maximum Gasteiger partial charge on any atom is 0.339 e. The first-order valence-electron chi connectivity index (χ1n) is 5.57. The van der Waals surface area contributed by atoms with Crippen molar-refractivity contribution in [2.45, 2.75) is 6.61 Å². The van der Waals surface area contributed by atoms with Crippen LogP contribution in [0, 0.1) is 5.82 Å². The van der Waals surface area contributed by atoms with Gasteiger partial charge in [0.05, 0.1) is 0 Å². The van der Waals surface area contributed by atoms with Gasteiger partial charge < -0.3 is 9.84 Å². The Morgan fingerprint density at radius 3 is 2.75 bits per heavy atom. The molecular weight excluding hydrogens is 351 g/mol. The van der Waals surface area contributed by atoms with Crippen molar-refractivity contribution in [3.05, 3.63) is 62.8 Å². The predicted molar refractivity (Wildman–Crippen MR) is 76.8 cm³/mol. The van der Waals surface area contributed by atoms with Gasteiger partial charge in [0, 0.05) is 15.1 Å². The van der Waals surface area contributed by atoms with Crippen molar-refractivity contribution >= 4 is 33.5 Å². The highest BCUT2D eigenvalue weighted by atomic mass is 79.9. The van der Waals surface area contributed by atoms with Gasteiger partial charge >= 0.3 is 5.97 Å². The Bertz CT molecular complexity index is 661. The van der Waals surface area contributed by atoms with Crippen LogP contribution < -0.4 is 4.74 Å². The Balaban J connectivity index is 2.23. The number of benzene rings is 2. The summed E-state index contributed by atoms with van der Waals surface area (Å²) < 4.78 is 19.5. The maximum atomic E-state index is 13.5. The third-order valence-electron chi connectivity index (χ3n) is 2.56. The molecule has 0 unspecified atom stereocenters. The summed E-state index contributed by atoms with van der Waals surface area (Å²) in [6.07, 6.45) is 0. The van der Waals surface area contributed by atoms with Crippen molar-refractivity contribution in [1.29, 1.82) is 0 Å². The molecule has 0 amide bonds. The van der Waals surface area contributed by atoms with E-state index in [9.17, 15) is 9.18 Å². The molecule has 0 heterocycles. The highest BCUT2D eigenvalue weighted by Gasteiger charge is 2.13. The fourth-order valence-electron chi connectivity index (χ4n) is 1.60. The Hall–Kier alpha value is -1.59. The summed E-state index contributed by atoms with van der Waals surface area (Å²) in [5.41, 5.74) is 0.263. The number of ether oxygens (including phenoxy) is 1. The van der Waals surface area contributed by atoms with Gasteiger partial charge in [0.2, 0.25) is 0 Å². The van der Waals surface area contributed by atoms with Gasteiger partial charge in [-0.2, -0.15) is 0 Å². The van der Waals surface area contributed by atoms with Crippen LogP contribution in [0.5, 0.6) is 5.75 Å². The lowest BCUT2D eigenvalue weighted by atomic mass is 10.2. The lowest BCUT2D eigenvalue weighted by Gasteiger charge is -2.10. The van der Waals surface area contributed by atoms with Crippen LogP contribution in [0.2, 0.25) is 5.02 Å². The minimum absolute atomic E-state index is 0.00168. The molecule has 3 nitrogen and oxygen atoms in total. The number of aromatic carboxylic acids is 1. The lowest BCUT2D eigenvalue weighted by Crippen LogP contribution is -2.04. The molecule has 6 heteroatoms. The summed E-state index contributed by atoms with van der Waals surface area (Å²) in [5, 5.41) is 9.48. The van der Waals surface area contributed by atoms with Crippen LogP contribution in [0.25, 0.3) is 0 Å². The van der Waals surface area contributed by atoms with E-state index in [1.165, 1.54) is 30.3 Å². The van der Waals surface area contributed by atoms with Crippen LogP contribution in [0.15, 0.2) is 40.9 Å². The van der Waals surface area contributed by atoms with Crippen molar-refractivity contribution < 1.29 is 19.0 Å². The van der Waals surface area contributed by atoms with Crippen LogP contribution in [0.3, 0.4) is 0 Å². The molecule has 0 aromatic heterocycles. The molecule has 0 aliphatic carbocycles. The average molecular weight is 360 g/mol. The lowest BCUT2D eigenvalue weighted by molar-refractivity contribution is 0.0691. The minimum atomic E-state index is -1.12. The van der Waals surface area contributed by atoms with E-state index in [-0.39, 0.29) is 23.5 Å². The van der Waals surface area contributed by atoms with E-state index in [0.717, 1.165) is 0 Å². The monoisotopic (exact) mass is 358 g/mol. The number of rotatable bonds is 4. The zero-order chi connectivity index (χ0) is 14.7. The average Bonchev–Trinajstić information content (AvgIpc) is 2.40. The van der Waals surface area contributed by atoms with Gasteiger partial charge in [-0.15, -0.1) is 0 Å². The smallest absolute Gasteiger partial charge is 0.339 e. The molecule has 1 N–H and O–H groups in total. The Labute approximate surface area is 128 Å². The van der Waals surface area contributed by atoms with E-state index in [2.05, 4.69) is 15.9 Å². The molecule has 0 fully saturated rings. The highest BCUT2D eigenvalue weighted by molar-refractivity contribution is 9.10. The summed E-state index contributed by atoms with van der Waals surface area (Å²) in [5.74, 6) is -1.41. The molecular formula is C14H9BrClFO3. The second-order valence-corrected chi connectivity index (χ2v) is 5.32. The van der Waals surface area contributed by atoms with Gasteiger partial charge in [-0.3, -0.25) is 0 Å². The predicted octanol–water partition coefficient (Wildman–Crippen LogP) is 4.52. The summed E-state index contributed by atoms with van der Waals surface area (Å²) in [6.45, 7) is -0.103. The second-order valence-electron chi connectivity index (χ2n) is 3.97. The Morgan fingerprint density at radius 1 is 1.30 bits per heavy atom. The minimum Gasteiger partial charge on any atom is -0.488 e. The van der Waals surface area contributed by atoms with Crippen LogP contribution in [0.1, 0.15) is 15.9 Å². The number of hydrogen-bond acceptors (Lipinski definition) is 2. The molecule has 0 radical (unpaired) electrons. The summed E-state index contributed by atoms with van der Waals surface area (Å²) in [4.78, 5) is 11.1. The van der Waals surface area contributed by atoms with Crippen molar-refractivity contribution in [3.8, 4) is 5.75 Å². The van der Waals surface area contributed by atoms with Gasteiger partial charge in [0.25, 0.3) is 0 Å². The molecule has 0 aliphatic heterocycles. The second kappa shape index (κ2) is 6.24. The highest BCUT2D eigenvalue weighted by Crippen LogP contribution is 2.25. The van der Waals surface area contributed by atoms with Crippen LogP contribution >= 0.6 is 27.5 Å². The maximum absolute atomic E-state index is 13.5. The van der Waals surface area contributed by atoms with Crippen molar-refractivity contribution in [1.82, 2.24) is 0 Å². The van der Waals surface area contributed by atoms with Crippen LogP contribution in [0.4, 0.5) is 4.39 Å². The number of carboxylic acids is 1. The molecule has 0 saturated heterocycles. The first-order valence-corrected chi connectivity index (χ1v) is 6.74. The quantitative estimate of drug-likeness (QED) is 0.873. The molecule has 2 aromatic carbocycles. The number of carbonyl (C=O) groups is 1. The van der Waals surface area contributed by atoms with Gasteiger partial charge in [0.15, 0.2) is 0 Å². The number of hydrogen-bond donors (Lipinski definition) is 1. The van der Waals surface area contributed by atoms with E-state index in [1.807, 2.05) is 0 Å². The molecule has 0 saturated carbocycles. The standard InChI is InChI=1S/C14H9BrClFO3/c15-9-1-4-13(11(6-9)14(18)19)20-7-8-5-10(16)2-3-12(8)17/h1-6H,7H2,(H,18,19).